The number of halogens is 2. The monoisotopic (exact) mass is 279 g/mol. The van der Waals surface area contributed by atoms with Crippen molar-refractivity contribution < 1.29 is 15.1 Å². The maximum Gasteiger partial charge on any atom is 0.288 e. The number of nitro groups is 1. The van der Waals surface area contributed by atoms with E-state index in [1.807, 2.05) is 0 Å². The van der Waals surface area contributed by atoms with Crippen LogP contribution < -0.4 is 0 Å². The van der Waals surface area contributed by atoms with Crippen LogP contribution in [-0.4, -0.2) is 27.1 Å². The van der Waals surface area contributed by atoms with Gasteiger partial charge in [-0.2, -0.15) is 0 Å². The highest BCUT2D eigenvalue weighted by Gasteiger charge is 2.21. The van der Waals surface area contributed by atoms with Crippen LogP contribution in [0, 0.1) is 10.1 Å². The van der Waals surface area contributed by atoms with Gasteiger partial charge in [-0.25, -0.2) is 0 Å². The second-order valence-electron chi connectivity index (χ2n) is 3.46. The van der Waals surface area contributed by atoms with Gasteiger partial charge in [0.2, 0.25) is 0 Å². The van der Waals surface area contributed by atoms with E-state index >= 15 is 0 Å². The molecule has 1 aromatic carbocycles. The maximum absolute atomic E-state index is 10.6. The van der Waals surface area contributed by atoms with Crippen molar-refractivity contribution in [3.8, 4) is 0 Å². The third-order valence-corrected chi connectivity index (χ3v) is 2.82. The highest BCUT2D eigenvalue weighted by Crippen LogP contribution is 2.29. The highest BCUT2D eigenvalue weighted by molar-refractivity contribution is 6.32. The molecule has 1 aromatic rings. The fraction of sp³-hybridized carbons (Fsp3) is 0.400. The largest absolute Gasteiger partial charge is 0.390 e. The van der Waals surface area contributed by atoms with E-state index in [4.69, 9.17) is 23.2 Å². The molecule has 0 radical (unpaired) electrons. The summed E-state index contributed by atoms with van der Waals surface area (Å²) in [6.07, 6.45) is -2.09. The van der Waals surface area contributed by atoms with Crippen LogP contribution in [0.5, 0.6) is 0 Å². The molecule has 0 aliphatic rings. The van der Waals surface area contributed by atoms with Crippen LogP contribution in [0.1, 0.15) is 18.1 Å². The Labute approximate surface area is 108 Å². The number of alkyl halides is 1. The van der Waals surface area contributed by atoms with Gasteiger partial charge in [0, 0.05) is 11.9 Å². The summed E-state index contributed by atoms with van der Waals surface area (Å²) in [5, 5.41) is 29.9. The Hall–Kier alpha value is -0.880. The zero-order valence-electron chi connectivity index (χ0n) is 8.72. The number of aliphatic hydroxyl groups excluding tert-OH is 2. The molecule has 0 heterocycles. The van der Waals surface area contributed by atoms with E-state index in [1.54, 1.807) is 0 Å². The fourth-order valence-corrected chi connectivity index (χ4v) is 1.76. The Kier molecular flexibility index (Phi) is 5.14. The molecule has 2 unspecified atom stereocenters. The van der Waals surface area contributed by atoms with Crippen molar-refractivity contribution >= 4 is 28.9 Å². The summed E-state index contributed by atoms with van der Waals surface area (Å²) < 4.78 is 0. The van der Waals surface area contributed by atoms with Crippen LogP contribution >= 0.6 is 23.2 Å². The molecule has 0 aromatic heterocycles. The van der Waals surface area contributed by atoms with Gasteiger partial charge < -0.3 is 10.2 Å². The Balaban J connectivity index is 2.99. The molecule has 0 fully saturated rings. The third kappa shape index (κ3) is 3.54. The van der Waals surface area contributed by atoms with Crippen molar-refractivity contribution in [3.05, 3.63) is 38.9 Å². The zero-order valence-corrected chi connectivity index (χ0v) is 10.2. The summed E-state index contributed by atoms with van der Waals surface area (Å²) in [7, 11) is 0. The van der Waals surface area contributed by atoms with Gasteiger partial charge in [-0.15, -0.1) is 11.6 Å². The van der Waals surface area contributed by atoms with Crippen molar-refractivity contribution in [2.24, 2.45) is 0 Å². The van der Waals surface area contributed by atoms with Crippen molar-refractivity contribution in [1.29, 1.82) is 0 Å². The summed E-state index contributed by atoms with van der Waals surface area (Å²) in [6.45, 7) is 0. The molecule has 0 aliphatic heterocycles. The third-order valence-electron chi connectivity index (χ3n) is 2.28. The average molecular weight is 280 g/mol. The van der Waals surface area contributed by atoms with Crippen LogP contribution in [0.25, 0.3) is 0 Å². The number of rotatable bonds is 5. The Morgan fingerprint density at radius 3 is 2.59 bits per heavy atom. The number of hydrogen-bond donors (Lipinski definition) is 2. The maximum atomic E-state index is 10.6. The van der Waals surface area contributed by atoms with Gasteiger partial charge in [0.25, 0.3) is 5.69 Å². The van der Waals surface area contributed by atoms with Gasteiger partial charge in [-0.05, 0) is 18.1 Å². The minimum Gasteiger partial charge on any atom is -0.390 e. The van der Waals surface area contributed by atoms with Gasteiger partial charge in [0.1, 0.15) is 11.1 Å². The van der Waals surface area contributed by atoms with Crippen molar-refractivity contribution in [3.63, 3.8) is 0 Å². The van der Waals surface area contributed by atoms with Gasteiger partial charge in [0.15, 0.2) is 0 Å². The topological polar surface area (TPSA) is 83.6 Å². The van der Waals surface area contributed by atoms with Crippen LogP contribution in [0.2, 0.25) is 5.02 Å². The summed E-state index contributed by atoms with van der Waals surface area (Å²) >= 11 is 11.1. The minimum atomic E-state index is -1.22. The van der Waals surface area contributed by atoms with Gasteiger partial charge in [-0.1, -0.05) is 17.7 Å². The number of aliphatic hydroxyl groups is 2. The molecule has 1 rings (SSSR count). The normalized spacial score (nSPS) is 14.4. The number of benzene rings is 1. The molecule has 2 atom stereocenters. The second-order valence-corrected chi connectivity index (χ2v) is 4.24. The second kappa shape index (κ2) is 6.16. The van der Waals surface area contributed by atoms with Crippen LogP contribution in [-0.2, 0) is 0 Å². The lowest BCUT2D eigenvalue weighted by Gasteiger charge is -2.17. The molecule has 0 bridgehead atoms. The molecule has 7 heteroatoms. The molecule has 0 amide bonds. The molecule has 94 valence electrons. The molecule has 0 saturated heterocycles. The Morgan fingerprint density at radius 2 is 2.06 bits per heavy atom. The molecule has 17 heavy (non-hydrogen) atoms. The van der Waals surface area contributed by atoms with Gasteiger partial charge in [-0.3, -0.25) is 10.1 Å². The first kappa shape index (κ1) is 14.2. The highest BCUT2D eigenvalue weighted by atomic mass is 35.5. The van der Waals surface area contributed by atoms with Crippen LogP contribution in [0.15, 0.2) is 18.2 Å². The smallest absolute Gasteiger partial charge is 0.288 e. The first-order valence-corrected chi connectivity index (χ1v) is 5.74. The SMILES string of the molecule is O=[N+]([O-])c1cc(C(O)C(O)CCCl)ccc1Cl. The lowest BCUT2D eigenvalue weighted by atomic mass is 10.0. The summed E-state index contributed by atoms with van der Waals surface area (Å²) in [4.78, 5) is 10.0. The summed E-state index contributed by atoms with van der Waals surface area (Å²) in [6, 6.07) is 3.88. The van der Waals surface area contributed by atoms with Gasteiger partial charge >= 0.3 is 0 Å². The number of hydrogen-bond acceptors (Lipinski definition) is 4. The minimum absolute atomic E-state index is 0.0159. The van der Waals surface area contributed by atoms with E-state index in [-0.39, 0.29) is 28.6 Å². The first-order chi connectivity index (χ1) is 7.97. The lowest BCUT2D eigenvalue weighted by Crippen LogP contribution is -2.18. The molecule has 0 saturated carbocycles. The van der Waals surface area contributed by atoms with Crippen molar-refractivity contribution in [2.75, 3.05) is 5.88 Å². The molecule has 0 spiro atoms. The van der Waals surface area contributed by atoms with E-state index in [9.17, 15) is 20.3 Å². The van der Waals surface area contributed by atoms with Crippen LogP contribution in [0.4, 0.5) is 5.69 Å². The standard InChI is InChI=1S/C10H11Cl2NO4/c11-4-3-9(14)10(15)6-1-2-7(12)8(5-6)13(16)17/h1-2,5,9-10,14-15H,3-4H2. The van der Waals surface area contributed by atoms with Crippen molar-refractivity contribution in [1.82, 2.24) is 0 Å². The van der Waals surface area contributed by atoms with E-state index < -0.39 is 17.1 Å². The fourth-order valence-electron chi connectivity index (χ4n) is 1.35. The van der Waals surface area contributed by atoms with E-state index in [2.05, 4.69) is 0 Å². The molecule has 0 aliphatic carbocycles. The molecule has 2 N–H and O–H groups in total. The zero-order chi connectivity index (χ0) is 13.0. The Morgan fingerprint density at radius 1 is 1.41 bits per heavy atom. The lowest BCUT2D eigenvalue weighted by molar-refractivity contribution is -0.384. The van der Waals surface area contributed by atoms with E-state index in [0.717, 1.165) is 6.07 Å². The molecular weight excluding hydrogens is 269 g/mol. The van der Waals surface area contributed by atoms with Gasteiger partial charge in [0.05, 0.1) is 11.0 Å². The predicted octanol–water partition coefficient (Wildman–Crippen LogP) is 2.27. The van der Waals surface area contributed by atoms with Crippen LogP contribution in [0.3, 0.4) is 0 Å². The molecular formula is C10H11Cl2NO4. The average Bonchev–Trinajstić information content (AvgIpc) is 2.28. The Bertz CT molecular complexity index is 413. The van der Waals surface area contributed by atoms with Crippen molar-refractivity contribution in [2.45, 2.75) is 18.6 Å². The number of nitro benzene ring substituents is 1. The van der Waals surface area contributed by atoms with E-state index in [1.165, 1.54) is 12.1 Å². The number of nitrogens with zero attached hydrogens (tertiary/aromatic N) is 1. The predicted molar refractivity (Wildman–Crippen MR) is 64.4 cm³/mol. The summed E-state index contributed by atoms with van der Waals surface area (Å²) in [5.74, 6) is 0.188. The van der Waals surface area contributed by atoms with E-state index in [0.29, 0.717) is 0 Å². The quantitative estimate of drug-likeness (QED) is 0.492. The molecule has 5 nitrogen and oxygen atoms in total. The summed E-state index contributed by atoms with van der Waals surface area (Å²) in [5.41, 5.74) is -0.0694. The first-order valence-electron chi connectivity index (χ1n) is 4.83.